The van der Waals surface area contributed by atoms with Crippen LogP contribution in [0.5, 0.6) is 0 Å². The fraction of sp³-hybridized carbons (Fsp3) is 0.556. The number of aliphatic imine (C=N–C) groups is 1. The molecule has 0 aliphatic heterocycles. The second-order valence-electron chi connectivity index (χ2n) is 3.48. The first-order valence-corrected chi connectivity index (χ1v) is 5.63. The standard InChI is InChI=1S/C9H14N4S/c1-6(8-11-4-5-14-8)12-9(10)13-7-2-3-7/h4-7H,2-3H2,1H3,(H3,10,12,13). The van der Waals surface area contributed by atoms with Gasteiger partial charge in [0, 0.05) is 11.6 Å². The summed E-state index contributed by atoms with van der Waals surface area (Å²) in [7, 11) is 0. The summed E-state index contributed by atoms with van der Waals surface area (Å²) < 4.78 is 0. The Kier molecular flexibility index (Phi) is 2.67. The van der Waals surface area contributed by atoms with Crippen molar-refractivity contribution in [2.75, 3.05) is 0 Å². The summed E-state index contributed by atoms with van der Waals surface area (Å²) in [5.41, 5.74) is 5.74. The number of hydrogen-bond donors (Lipinski definition) is 2. The number of thiazole rings is 1. The summed E-state index contributed by atoms with van der Waals surface area (Å²) in [6.07, 6.45) is 4.15. The highest BCUT2D eigenvalue weighted by Gasteiger charge is 2.21. The van der Waals surface area contributed by atoms with Crippen LogP contribution in [0.3, 0.4) is 0 Å². The SMILES string of the molecule is CC(NC(N)=NC1CC1)c1nccs1. The van der Waals surface area contributed by atoms with Crippen LogP contribution in [0.2, 0.25) is 0 Å². The summed E-state index contributed by atoms with van der Waals surface area (Å²) in [6.45, 7) is 2.04. The first kappa shape index (κ1) is 9.45. The lowest BCUT2D eigenvalue weighted by molar-refractivity contribution is 0.701. The van der Waals surface area contributed by atoms with Gasteiger partial charge in [0.15, 0.2) is 5.96 Å². The van der Waals surface area contributed by atoms with Crippen molar-refractivity contribution in [2.45, 2.75) is 31.8 Å². The normalized spacial score (nSPS) is 19.4. The zero-order valence-corrected chi connectivity index (χ0v) is 8.92. The molecule has 0 spiro atoms. The Morgan fingerprint density at radius 3 is 3.14 bits per heavy atom. The average Bonchev–Trinajstić information content (AvgIpc) is 2.80. The van der Waals surface area contributed by atoms with Gasteiger partial charge in [0.25, 0.3) is 0 Å². The smallest absolute Gasteiger partial charge is 0.189 e. The largest absolute Gasteiger partial charge is 0.370 e. The maximum absolute atomic E-state index is 5.74. The molecule has 14 heavy (non-hydrogen) atoms. The first-order chi connectivity index (χ1) is 6.75. The van der Waals surface area contributed by atoms with E-state index in [2.05, 4.69) is 15.3 Å². The molecule has 0 radical (unpaired) electrons. The van der Waals surface area contributed by atoms with Crippen molar-refractivity contribution in [3.05, 3.63) is 16.6 Å². The van der Waals surface area contributed by atoms with E-state index in [1.807, 2.05) is 12.3 Å². The van der Waals surface area contributed by atoms with Crippen molar-refractivity contribution in [1.82, 2.24) is 10.3 Å². The molecule has 1 fully saturated rings. The van der Waals surface area contributed by atoms with E-state index in [9.17, 15) is 0 Å². The highest BCUT2D eigenvalue weighted by molar-refractivity contribution is 7.09. The van der Waals surface area contributed by atoms with Crippen molar-refractivity contribution >= 4 is 17.3 Å². The lowest BCUT2D eigenvalue weighted by atomic mass is 10.4. The van der Waals surface area contributed by atoms with Crippen LogP contribution < -0.4 is 11.1 Å². The third kappa shape index (κ3) is 2.45. The number of nitrogens with one attached hydrogen (secondary N) is 1. The van der Waals surface area contributed by atoms with E-state index >= 15 is 0 Å². The first-order valence-electron chi connectivity index (χ1n) is 4.75. The van der Waals surface area contributed by atoms with Crippen LogP contribution in [-0.2, 0) is 0 Å². The Bertz CT molecular complexity index is 316. The number of rotatable bonds is 3. The molecule has 1 heterocycles. The molecular formula is C9H14N4S. The lowest BCUT2D eigenvalue weighted by Gasteiger charge is -2.11. The quantitative estimate of drug-likeness (QED) is 0.583. The molecule has 1 aromatic heterocycles. The molecule has 1 saturated carbocycles. The Labute approximate surface area is 87.3 Å². The van der Waals surface area contributed by atoms with Gasteiger partial charge >= 0.3 is 0 Å². The van der Waals surface area contributed by atoms with Crippen LogP contribution in [0.4, 0.5) is 0 Å². The van der Waals surface area contributed by atoms with Gasteiger partial charge in [-0.05, 0) is 19.8 Å². The van der Waals surface area contributed by atoms with Crippen LogP contribution in [0.1, 0.15) is 30.8 Å². The molecule has 1 aromatic rings. The molecule has 0 aromatic carbocycles. The van der Waals surface area contributed by atoms with E-state index in [1.165, 1.54) is 12.8 Å². The third-order valence-electron chi connectivity index (χ3n) is 2.05. The van der Waals surface area contributed by atoms with Crippen molar-refractivity contribution < 1.29 is 0 Å². The van der Waals surface area contributed by atoms with E-state index in [-0.39, 0.29) is 6.04 Å². The summed E-state index contributed by atoms with van der Waals surface area (Å²) in [4.78, 5) is 8.51. The van der Waals surface area contributed by atoms with Crippen LogP contribution in [0.25, 0.3) is 0 Å². The van der Waals surface area contributed by atoms with Gasteiger partial charge in [-0.2, -0.15) is 0 Å². The average molecular weight is 210 g/mol. The zero-order valence-electron chi connectivity index (χ0n) is 8.10. The number of nitrogens with zero attached hydrogens (tertiary/aromatic N) is 2. The van der Waals surface area contributed by atoms with Gasteiger partial charge in [-0.25, -0.2) is 4.98 Å². The molecule has 0 saturated heterocycles. The number of guanidine groups is 1. The molecular weight excluding hydrogens is 196 g/mol. The molecule has 1 aliphatic carbocycles. The maximum Gasteiger partial charge on any atom is 0.189 e. The second kappa shape index (κ2) is 3.96. The fourth-order valence-electron chi connectivity index (χ4n) is 1.17. The second-order valence-corrected chi connectivity index (χ2v) is 4.41. The molecule has 0 bridgehead atoms. The summed E-state index contributed by atoms with van der Waals surface area (Å²) in [6, 6.07) is 0.614. The Hall–Kier alpha value is -1.10. The third-order valence-corrected chi connectivity index (χ3v) is 3.01. The van der Waals surface area contributed by atoms with Crippen molar-refractivity contribution in [3.8, 4) is 0 Å². The van der Waals surface area contributed by atoms with Gasteiger partial charge in [-0.3, -0.25) is 4.99 Å². The minimum atomic E-state index is 0.150. The number of hydrogen-bond acceptors (Lipinski definition) is 3. The van der Waals surface area contributed by atoms with Crippen LogP contribution in [-0.4, -0.2) is 17.0 Å². The minimum absolute atomic E-state index is 0.150. The number of aromatic nitrogens is 1. The van der Waals surface area contributed by atoms with Crippen LogP contribution in [0.15, 0.2) is 16.6 Å². The van der Waals surface area contributed by atoms with Crippen molar-refractivity contribution in [3.63, 3.8) is 0 Å². The van der Waals surface area contributed by atoms with Gasteiger partial charge in [-0.1, -0.05) is 0 Å². The van der Waals surface area contributed by atoms with Crippen molar-refractivity contribution in [1.29, 1.82) is 0 Å². The van der Waals surface area contributed by atoms with E-state index in [1.54, 1.807) is 17.5 Å². The van der Waals surface area contributed by atoms with Gasteiger partial charge in [0.05, 0.1) is 12.1 Å². The van der Waals surface area contributed by atoms with Crippen LogP contribution >= 0.6 is 11.3 Å². The molecule has 0 amide bonds. The van der Waals surface area contributed by atoms with Crippen molar-refractivity contribution in [2.24, 2.45) is 10.7 Å². The fourth-order valence-corrected chi connectivity index (χ4v) is 1.82. The van der Waals surface area contributed by atoms with E-state index in [0.29, 0.717) is 12.0 Å². The summed E-state index contributed by atoms with van der Waals surface area (Å²) >= 11 is 1.62. The predicted octanol–water partition coefficient (Wildman–Crippen LogP) is 1.27. The minimum Gasteiger partial charge on any atom is -0.370 e. The molecule has 1 atom stereocenters. The lowest BCUT2D eigenvalue weighted by Crippen LogP contribution is -2.34. The molecule has 5 heteroatoms. The Morgan fingerprint density at radius 1 is 1.79 bits per heavy atom. The molecule has 4 nitrogen and oxygen atoms in total. The van der Waals surface area contributed by atoms with Gasteiger partial charge in [0.1, 0.15) is 5.01 Å². The maximum atomic E-state index is 5.74. The summed E-state index contributed by atoms with van der Waals surface area (Å²) in [5, 5.41) is 6.13. The topological polar surface area (TPSA) is 63.3 Å². The molecule has 3 N–H and O–H groups in total. The van der Waals surface area contributed by atoms with E-state index in [0.717, 1.165) is 5.01 Å². The molecule has 1 aliphatic rings. The van der Waals surface area contributed by atoms with E-state index in [4.69, 9.17) is 5.73 Å². The van der Waals surface area contributed by atoms with Gasteiger partial charge < -0.3 is 11.1 Å². The monoisotopic (exact) mass is 210 g/mol. The van der Waals surface area contributed by atoms with Crippen LogP contribution in [0, 0.1) is 0 Å². The van der Waals surface area contributed by atoms with Gasteiger partial charge in [0.2, 0.25) is 0 Å². The molecule has 2 rings (SSSR count). The van der Waals surface area contributed by atoms with Gasteiger partial charge in [-0.15, -0.1) is 11.3 Å². The molecule has 1 unspecified atom stereocenters. The number of nitrogens with two attached hydrogens (primary N) is 1. The predicted molar refractivity (Wildman–Crippen MR) is 58.3 cm³/mol. The summed E-state index contributed by atoms with van der Waals surface area (Å²) in [5.74, 6) is 0.537. The molecule has 76 valence electrons. The Balaban J connectivity index is 1.90. The zero-order chi connectivity index (χ0) is 9.97. The highest BCUT2D eigenvalue weighted by atomic mass is 32.1. The Morgan fingerprint density at radius 2 is 2.57 bits per heavy atom. The van der Waals surface area contributed by atoms with E-state index < -0.39 is 0 Å². The highest BCUT2D eigenvalue weighted by Crippen LogP contribution is 2.23.